The third-order valence-electron chi connectivity index (χ3n) is 9.08. The van der Waals surface area contributed by atoms with Crippen LogP contribution in [0.1, 0.15) is 25.0 Å². The molecule has 8 aromatic rings. The predicted molar refractivity (Wildman–Crippen MR) is 170 cm³/mol. The quantitative estimate of drug-likeness (QED) is 0.220. The maximum Gasteiger partial charge on any atom is 0.220 e. The lowest BCUT2D eigenvalue weighted by Crippen LogP contribution is -2.15. The maximum atomic E-state index is 5.33. The fourth-order valence-corrected chi connectivity index (χ4v) is 7.40. The van der Waals surface area contributed by atoms with Crippen LogP contribution in [-0.4, -0.2) is 14.1 Å². The van der Waals surface area contributed by atoms with Crippen LogP contribution in [0, 0.1) is 0 Å². The number of imidazole rings is 1. The fourth-order valence-electron chi connectivity index (χ4n) is 7.40. The Morgan fingerprint density at radius 3 is 2.02 bits per heavy atom. The molecule has 0 bridgehead atoms. The first-order valence-corrected chi connectivity index (χ1v) is 14.3. The molecule has 0 unspecified atom stereocenters. The molecule has 1 aliphatic carbocycles. The minimum atomic E-state index is -0.150. The lowest BCUT2D eigenvalue weighted by Gasteiger charge is -2.23. The van der Waals surface area contributed by atoms with Crippen molar-refractivity contribution in [3.63, 3.8) is 0 Å². The molecule has 6 aromatic carbocycles. The molecule has 1 aliphatic rings. The van der Waals surface area contributed by atoms with Crippen LogP contribution in [0.5, 0.6) is 0 Å². The zero-order valence-electron chi connectivity index (χ0n) is 23.0. The molecule has 0 N–H and O–H groups in total. The number of hydrogen-bond acceptors (Lipinski definition) is 1. The van der Waals surface area contributed by atoms with Gasteiger partial charge in [-0.05, 0) is 58.0 Å². The first-order chi connectivity index (χ1) is 20.1. The summed E-state index contributed by atoms with van der Waals surface area (Å²) in [5.41, 5.74) is 10.9. The van der Waals surface area contributed by atoms with Gasteiger partial charge in [0.2, 0.25) is 5.95 Å². The lowest BCUT2D eigenvalue weighted by atomic mass is 9.79. The second-order valence-corrected chi connectivity index (χ2v) is 11.6. The highest BCUT2D eigenvalue weighted by Crippen LogP contribution is 2.56. The maximum absolute atomic E-state index is 5.33. The molecule has 0 radical (unpaired) electrons. The summed E-state index contributed by atoms with van der Waals surface area (Å²) in [7, 11) is 0. The zero-order chi connectivity index (χ0) is 27.3. The Balaban J connectivity index is 1.56. The number of aromatic nitrogens is 3. The number of nitrogens with zero attached hydrogens (tertiary/aromatic N) is 3. The zero-order valence-corrected chi connectivity index (χ0v) is 23.0. The number of benzene rings is 6. The topological polar surface area (TPSA) is 22.8 Å². The first-order valence-electron chi connectivity index (χ1n) is 14.3. The van der Waals surface area contributed by atoms with E-state index in [-0.39, 0.29) is 5.41 Å². The highest BCUT2D eigenvalue weighted by molar-refractivity contribution is 6.25. The van der Waals surface area contributed by atoms with Gasteiger partial charge in [0.05, 0.1) is 22.1 Å². The molecule has 3 nitrogen and oxygen atoms in total. The van der Waals surface area contributed by atoms with Gasteiger partial charge >= 0.3 is 0 Å². The average Bonchev–Trinajstić information content (AvgIpc) is 3.64. The van der Waals surface area contributed by atoms with Gasteiger partial charge in [0.15, 0.2) is 0 Å². The third-order valence-corrected chi connectivity index (χ3v) is 9.08. The Bertz CT molecular complexity index is 2330. The van der Waals surface area contributed by atoms with Gasteiger partial charge < -0.3 is 0 Å². The summed E-state index contributed by atoms with van der Waals surface area (Å²) in [6, 6.07) is 45.8. The van der Waals surface area contributed by atoms with E-state index in [1.165, 1.54) is 54.8 Å². The van der Waals surface area contributed by atoms with E-state index in [0.717, 1.165) is 22.7 Å². The van der Waals surface area contributed by atoms with Crippen molar-refractivity contribution in [1.82, 2.24) is 14.1 Å². The van der Waals surface area contributed by atoms with Crippen LogP contribution in [-0.2, 0) is 5.41 Å². The van der Waals surface area contributed by atoms with Crippen LogP contribution in [0.25, 0.3) is 66.4 Å². The molecule has 0 spiro atoms. The highest BCUT2D eigenvalue weighted by Gasteiger charge is 2.40. The molecule has 0 saturated heterocycles. The number of hydrogen-bond donors (Lipinski definition) is 0. The van der Waals surface area contributed by atoms with Crippen LogP contribution in [0.2, 0.25) is 0 Å². The van der Waals surface area contributed by atoms with Crippen molar-refractivity contribution in [3.05, 3.63) is 139 Å². The fraction of sp³-hybridized carbons (Fsp3) is 0.0789. The van der Waals surface area contributed by atoms with Crippen molar-refractivity contribution in [2.45, 2.75) is 19.3 Å². The molecule has 9 rings (SSSR count). The van der Waals surface area contributed by atoms with Crippen LogP contribution >= 0.6 is 0 Å². The molecular weight excluding hydrogens is 498 g/mol. The Morgan fingerprint density at radius 1 is 0.561 bits per heavy atom. The monoisotopic (exact) mass is 525 g/mol. The largest absolute Gasteiger partial charge is 0.278 e. The summed E-state index contributed by atoms with van der Waals surface area (Å²) in [4.78, 5) is 5.33. The molecule has 0 atom stereocenters. The van der Waals surface area contributed by atoms with Gasteiger partial charge in [0, 0.05) is 27.3 Å². The van der Waals surface area contributed by atoms with E-state index in [2.05, 4.69) is 150 Å². The van der Waals surface area contributed by atoms with Crippen molar-refractivity contribution in [3.8, 4) is 22.8 Å². The normalized spacial score (nSPS) is 13.8. The first kappa shape index (κ1) is 22.6. The summed E-state index contributed by atoms with van der Waals surface area (Å²) < 4.78 is 4.72. The molecule has 2 heterocycles. The van der Waals surface area contributed by atoms with Gasteiger partial charge in [-0.15, -0.1) is 0 Å². The molecule has 2 aromatic heterocycles. The molecule has 41 heavy (non-hydrogen) atoms. The van der Waals surface area contributed by atoms with E-state index in [4.69, 9.17) is 4.98 Å². The van der Waals surface area contributed by atoms with E-state index in [1.54, 1.807) is 0 Å². The molecule has 194 valence electrons. The SMILES string of the molecule is CC1(C)c2ccccc2-c2c1c1c3ccccc3n(-c3nc4ccccc4n3-c3ccccc3)c1c1ccccc21. The summed E-state index contributed by atoms with van der Waals surface area (Å²) >= 11 is 0. The second-order valence-electron chi connectivity index (χ2n) is 11.6. The van der Waals surface area contributed by atoms with Gasteiger partial charge in [-0.2, -0.15) is 0 Å². The molecule has 0 aliphatic heterocycles. The smallest absolute Gasteiger partial charge is 0.220 e. The average molecular weight is 526 g/mol. The molecule has 0 saturated carbocycles. The summed E-state index contributed by atoms with van der Waals surface area (Å²) in [5.74, 6) is 0.905. The van der Waals surface area contributed by atoms with E-state index >= 15 is 0 Å². The van der Waals surface area contributed by atoms with Gasteiger partial charge in [0.25, 0.3) is 0 Å². The number of fused-ring (bicyclic) bond motifs is 11. The summed E-state index contributed by atoms with van der Waals surface area (Å²) in [5, 5.41) is 5.12. The molecule has 3 heteroatoms. The van der Waals surface area contributed by atoms with Crippen LogP contribution in [0.4, 0.5) is 0 Å². The van der Waals surface area contributed by atoms with E-state index in [0.29, 0.717) is 0 Å². The molecule has 0 amide bonds. The minimum Gasteiger partial charge on any atom is -0.278 e. The summed E-state index contributed by atoms with van der Waals surface area (Å²) in [6.45, 7) is 4.77. The Labute approximate surface area is 237 Å². The Hall–Kier alpha value is -5.15. The number of rotatable bonds is 2. The van der Waals surface area contributed by atoms with Crippen molar-refractivity contribution in [2.24, 2.45) is 0 Å². The Kier molecular flexibility index (Phi) is 4.39. The van der Waals surface area contributed by atoms with Gasteiger partial charge in [0.1, 0.15) is 0 Å². The van der Waals surface area contributed by atoms with Crippen molar-refractivity contribution >= 4 is 43.6 Å². The number of para-hydroxylation sites is 4. The molecule has 0 fully saturated rings. The summed E-state index contributed by atoms with van der Waals surface area (Å²) in [6.07, 6.45) is 0. The van der Waals surface area contributed by atoms with Gasteiger partial charge in [-0.1, -0.05) is 111 Å². The van der Waals surface area contributed by atoms with Crippen LogP contribution < -0.4 is 0 Å². The van der Waals surface area contributed by atoms with Crippen molar-refractivity contribution in [2.75, 3.05) is 0 Å². The minimum absolute atomic E-state index is 0.150. The highest BCUT2D eigenvalue weighted by atomic mass is 15.2. The van der Waals surface area contributed by atoms with E-state index in [9.17, 15) is 0 Å². The Morgan fingerprint density at radius 2 is 1.20 bits per heavy atom. The standard InChI is InChI=1S/C38H27N3/c1-38(2)29-20-10-8-18-27(29)33-25-16-6-7-17-26(25)36-34(35(33)38)28-19-9-12-22-31(28)41(36)37-39-30-21-11-13-23-32(30)40(37)24-14-4-3-5-15-24/h3-23H,1-2H3. The van der Waals surface area contributed by atoms with E-state index < -0.39 is 0 Å². The van der Waals surface area contributed by atoms with Crippen LogP contribution in [0.3, 0.4) is 0 Å². The lowest BCUT2D eigenvalue weighted by molar-refractivity contribution is 0.667. The van der Waals surface area contributed by atoms with Gasteiger partial charge in [-0.25, -0.2) is 4.98 Å². The predicted octanol–water partition coefficient (Wildman–Crippen LogP) is 9.58. The van der Waals surface area contributed by atoms with Crippen molar-refractivity contribution < 1.29 is 0 Å². The van der Waals surface area contributed by atoms with Crippen molar-refractivity contribution in [1.29, 1.82) is 0 Å². The second kappa shape index (κ2) is 7.96. The third kappa shape index (κ3) is 2.85. The van der Waals surface area contributed by atoms with Gasteiger partial charge in [-0.3, -0.25) is 9.13 Å². The van der Waals surface area contributed by atoms with Crippen LogP contribution in [0.15, 0.2) is 127 Å². The molecular formula is C38H27N3. The van der Waals surface area contributed by atoms with E-state index in [1.807, 2.05) is 0 Å².